The first-order valence-electron chi connectivity index (χ1n) is 8.45. The Bertz CT molecular complexity index is 791. The molecule has 0 saturated heterocycles. The first-order valence-corrected chi connectivity index (χ1v) is 9.21. The Balaban J connectivity index is 2.49. The maximum absolute atomic E-state index is 9.89. The Hall–Kier alpha value is -1.85. The van der Waals surface area contributed by atoms with Gasteiger partial charge in [-0.05, 0) is 35.9 Å². The van der Waals surface area contributed by atoms with Gasteiger partial charge in [0.25, 0.3) is 0 Å². The number of halogens is 2. The van der Waals surface area contributed by atoms with Crippen LogP contribution in [0.2, 0.25) is 10.0 Å². The zero-order valence-corrected chi connectivity index (χ0v) is 16.9. The molecule has 6 heteroatoms. The van der Waals surface area contributed by atoms with Crippen LogP contribution in [-0.2, 0) is 4.74 Å². The van der Waals surface area contributed by atoms with Gasteiger partial charge in [0.15, 0.2) is 0 Å². The second-order valence-corrected chi connectivity index (χ2v) is 7.50. The molecule has 2 rings (SSSR count). The van der Waals surface area contributed by atoms with Crippen LogP contribution in [0, 0.1) is 5.41 Å². The van der Waals surface area contributed by atoms with E-state index in [-0.39, 0.29) is 6.61 Å². The molecule has 1 N–H and O–H groups in total. The molecular formula is C21H23Cl2NO3. The largest absolute Gasteiger partial charge is 0.457 e. The third kappa shape index (κ3) is 6.08. The molecule has 1 atom stereocenters. The molecule has 0 radical (unpaired) electrons. The monoisotopic (exact) mass is 407 g/mol. The zero-order valence-electron chi connectivity index (χ0n) is 15.4. The van der Waals surface area contributed by atoms with E-state index in [0.29, 0.717) is 28.2 Å². The molecule has 1 aromatic carbocycles. The Labute approximate surface area is 170 Å². The first kappa shape index (κ1) is 21.5. The van der Waals surface area contributed by atoms with Crippen LogP contribution in [0.1, 0.15) is 19.4 Å². The van der Waals surface area contributed by atoms with Crippen molar-refractivity contribution in [3.05, 3.63) is 76.7 Å². The van der Waals surface area contributed by atoms with Gasteiger partial charge < -0.3 is 14.6 Å². The smallest absolute Gasteiger partial charge is 0.145 e. The van der Waals surface area contributed by atoms with E-state index in [1.54, 1.807) is 36.7 Å². The summed E-state index contributed by atoms with van der Waals surface area (Å²) >= 11 is 12.3. The van der Waals surface area contributed by atoms with E-state index in [4.69, 9.17) is 32.7 Å². The van der Waals surface area contributed by atoms with Gasteiger partial charge in [-0.3, -0.25) is 4.98 Å². The molecule has 27 heavy (non-hydrogen) atoms. The zero-order chi connectivity index (χ0) is 19.9. The van der Waals surface area contributed by atoms with Crippen molar-refractivity contribution >= 4 is 29.3 Å². The Morgan fingerprint density at radius 2 is 2.11 bits per heavy atom. The molecule has 0 aliphatic heterocycles. The third-order valence-electron chi connectivity index (χ3n) is 3.87. The van der Waals surface area contributed by atoms with Crippen LogP contribution < -0.4 is 4.74 Å². The molecule has 1 aromatic heterocycles. The van der Waals surface area contributed by atoms with Crippen LogP contribution in [-0.4, -0.2) is 29.4 Å². The molecule has 0 aliphatic carbocycles. The molecule has 0 aliphatic rings. The normalized spacial score (nSPS) is 13.3. The number of aromatic nitrogens is 1. The van der Waals surface area contributed by atoms with Gasteiger partial charge in [-0.15, -0.1) is 6.58 Å². The summed E-state index contributed by atoms with van der Waals surface area (Å²) in [5, 5.41) is 10.8. The second kappa shape index (κ2) is 9.90. The van der Waals surface area contributed by atoms with E-state index in [9.17, 15) is 5.11 Å². The highest BCUT2D eigenvalue weighted by Crippen LogP contribution is 2.35. The van der Waals surface area contributed by atoms with Crippen molar-refractivity contribution in [2.24, 2.45) is 5.41 Å². The quantitative estimate of drug-likeness (QED) is 0.446. The minimum atomic E-state index is -0.615. The lowest BCUT2D eigenvalue weighted by Gasteiger charge is -2.33. The van der Waals surface area contributed by atoms with Crippen LogP contribution >= 0.6 is 23.2 Å². The fourth-order valence-electron chi connectivity index (χ4n) is 2.41. The fourth-order valence-corrected chi connectivity index (χ4v) is 2.86. The van der Waals surface area contributed by atoms with Crippen molar-refractivity contribution < 1.29 is 14.6 Å². The van der Waals surface area contributed by atoms with Gasteiger partial charge in [-0.1, -0.05) is 49.2 Å². The maximum Gasteiger partial charge on any atom is 0.145 e. The molecule has 144 valence electrons. The number of hydrogen-bond acceptors (Lipinski definition) is 4. The average Bonchev–Trinajstić information content (AvgIpc) is 2.64. The van der Waals surface area contributed by atoms with E-state index < -0.39 is 11.5 Å². The topological polar surface area (TPSA) is 51.6 Å². The van der Waals surface area contributed by atoms with Crippen molar-refractivity contribution in [3.8, 4) is 5.75 Å². The summed E-state index contributed by atoms with van der Waals surface area (Å²) in [5.74, 6) is 0.935. The molecule has 0 fully saturated rings. The number of nitrogens with zero attached hydrogens (tertiary/aromatic N) is 1. The Morgan fingerprint density at radius 3 is 2.70 bits per heavy atom. The highest BCUT2D eigenvalue weighted by molar-refractivity contribution is 6.35. The first-order chi connectivity index (χ1) is 12.9. The second-order valence-electron chi connectivity index (χ2n) is 6.66. The average molecular weight is 408 g/mol. The van der Waals surface area contributed by atoms with Gasteiger partial charge >= 0.3 is 0 Å². The molecule has 0 bridgehead atoms. The molecule has 1 unspecified atom stereocenters. The highest BCUT2D eigenvalue weighted by Gasteiger charge is 2.34. The molecule has 2 aromatic rings. The minimum absolute atomic E-state index is 0.100. The number of aliphatic hydroxyl groups excluding tert-OH is 1. The van der Waals surface area contributed by atoms with E-state index >= 15 is 0 Å². The Morgan fingerprint density at radius 1 is 1.33 bits per heavy atom. The number of pyridine rings is 1. The molecule has 1 heterocycles. The van der Waals surface area contributed by atoms with Gasteiger partial charge in [0, 0.05) is 22.8 Å². The predicted molar refractivity (Wildman–Crippen MR) is 110 cm³/mol. The summed E-state index contributed by atoms with van der Waals surface area (Å²) < 4.78 is 12.1. The maximum atomic E-state index is 9.89. The molecule has 0 saturated carbocycles. The van der Waals surface area contributed by atoms with E-state index in [1.165, 1.54) is 0 Å². The van der Waals surface area contributed by atoms with Crippen LogP contribution in [0.5, 0.6) is 5.75 Å². The van der Waals surface area contributed by atoms with Crippen LogP contribution in [0.15, 0.2) is 61.1 Å². The van der Waals surface area contributed by atoms with Crippen LogP contribution in [0.3, 0.4) is 0 Å². The van der Waals surface area contributed by atoms with E-state index in [1.807, 2.05) is 32.1 Å². The van der Waals surface area contributed by atoms with Gasteiger partial charge in [0.05, 0.1) is 18.2 Å². The van der Waals surface area contributed by atoms with E-state index in [2.05, 4.69) is 11.6 Å². The lowest BCUT2D eigenvalue weighted by atomic mass is 9.85. The summed E-state index contributed by atoms with van der Waals surface area (Å²) in [4.78, 5) is 4.13. The van der Waals surface area contributed by atoms with Crippen LogP contribution in [0.25, 0.3) is 6.08 Å². The van der Waals surface area contributed by atoms with Crippen LogP contribution in [0.4, 0.5) is 0 Å². The van der Waals surface area contributed by atoms with Crippen molar-refractivity contribution in [1.29, 1.82) is 0 Å². The minimum Gasteiger partial charge on any atom is -0.457 e. The third-order valence-corrected chi connectivity index (χ3v) is 4.40. The van der Waals surface area contributed by atoms with Gasteiger partial charge in [0.2, 0.25) is 0 Å². The van der Waals surface area contributed by atoms with Gasteiger partial charge in [-0.2, -0.15) is 0 Å². The van der Waals surface area contributed by atoms with Crippen molar-refractivity contribution in [2.45, 2.75) is 20.0 Å². The Kier molecular flexibility index (Phi) is 7.87. The molecule has 0 amide bonds. The number of aliphatic hydroxyl groups is 1. The number of hydrogen-bond donors (Lipinski definition) is 1. The van der Waals surface area contributed by atoms with Crippen molar-refractivity contribution in [3.63, 3.8) is 0 Å². The fraction of sp³-hybridized carbons (Fsp3) is 0.286. The lowest BCUT2D eigenvalue weighted by Crippen LogP contribution is -2.38. The highest BCUT2D eigenvalue weighted by atomic mass is 35.5. The van der Waals surface area contributed by atoms with Gasteiger partial charge in [0.1, 0.15) is 17.6 Å². The number of ether oxygens (including phenoxy) is 2. The van der Waals surface area contributed by atoms with E-state index in [0.717, 1.165) is 5.56 Å². The number of benzene rings is 1. The lowest BCUT2D eigenvalue weighted by molar-refractivity contribution is -0.0323. The van der Waals surface area contributed by atoms with Crippen molar-refractivity contribution in [1.82, 2.24) is 4.98 Å². The summed E-state index contributed by atoms with van der Waals surface area (Å²) in [6.07, 6.45) is 6.33. The standard InChI is InChI=1S/C21H23Cl2NO3/c1-4-10-26-20(21(2,3)14-25)19(11-15-6-5-9-24-13-15)27-18-8-7-16(22)12-17(18)23/h4-9,11-13,20,25H,1,10,14H2,2-3H3. The van der Waals surface area contributed by atoms with Crippen molar-refractivity contribution in [2.75, 3.05) is 13.2 Å². The number of rotatable bonds is 9. The molecule has 4 nitrogen and oxygen atoms in total. The molecular weight excluding hydrogens is 385 g/mol. The summed E-state index contributed by atoms with van der Waals surface area (Å²) in [6, 6.07) is 8.72. The molecule has 0 spiro atoms. The SMILES string of the molecule is C=CCOC(C(=Cc1cccnc1)Oc1ccc(Cl)cc1Cl)C(C)(C)CO. The summed E-state index contributed by atoms with van der Waals surface area (Å²) in [7, 11) is 0. The predicted octanol–water partition coefficient (Wildman–Crippen LogP) is 5.40. The van der Waals surface area contributed by atoms with Gasteiger partial charge in [-0.25, -0.2) is 0 Å². The summed E-state index contributed by atoms with van der Waals surface area (Å²) in [6.45, 7) is 7.69. The summed E-state index contributed by atoms with van der Waals surface area (Å²) in [5.41, 5.74) is 0.217.